The van der Waals surface area contributed by atoms with Gasteiger partial charge in [-0.25, -0.2) is 9.59 Å². The number of carbonyl (C=O) groups is 2. The number of hydrogen-bond donors (Lipinski definition) is 6. The van der Waals surface area contributed by atoms with Crippen molar-refractivity contribution in [3.8, 4) is 0 Å². The lowest BCUT2D eigenvalue weighted by molar-refractivity contribution is -0.159. The van der Waals surface area contributed by atoms with Crippen molar-refractivity contribution in [3.63, 3.8) is 0 Å². The Kier molecular flexibility index (Phi) is 7.27. The van der Waals surface area contributed by atoms with Crippen molar-refractivity contribution < 1.29 is 19.4 Å². The summed E-state index contributed by atoms with van der Waals surface area (Å²) in [4.78, 5) is 43.1. The summed E-state index contributed by atoms with van der Waals surface area (Å²) in [6.07, 6.45) is 2.12. The normalized spacial score (nSPS) is 21.9. The molecule has 2 heterocycles. The minimum Gasteiger partial charge on any atom is -0.479 e. The van der Waals surface area contributed by atoms with Crippen LogP contribution in [-0.2, 0) is 14.3 Å². The van der Waals surface area contributed by atoms with E-state index in [9.17, 15) is 19.5 Å². The number of rotatable bonds is 8. The fourth-order valence-corrected chi connectivity index (χ4v) is 2.65. The SMILES string of the molecule is NC(N)=NCC[C@H](N)CC(=O)N[C@H]1C=C[C@H](n2ccc(N)nc2=O)O[C@@H]1C(=O)O. The highest BCUT2D eigenvalue weighted by atomic mass is 16.5. The second kappa shape index (κ2) is 9.66. The number of ether oxygens (including phenoxy) is 1. The minimum absolute atomic E-state index is 0.0298. The smallest absolute Gasteiger partial charge is 0.351 e. The molecule has 0 aromatic carbocycles. The van der Waals surface area contributed by atoms with E-state index in [0.29, 0.717) is 6.42 Å². The third-order valence-corrected chi connectivity index (χ3v) is 4.03. The van der Waals surface area contributed by atoms with Crippen LogP contribution in [0.4, 0.5) is 5.82 Å². The van der Waals surface area contributed by atoms with Gasteiger partial charge in [-0.15, -0.1) is 0 Å². The van der Waals surface area contributed by atoms with Gasteiger partial charge in [0.15, 0.2) is 18.3 Å². The molecule has 13 nitrogen and oxygen atoms in total. The van der Waals surface area contributed by atoms with E-state index in [1.807, 2.05) is 0 Å². The van der Waals surface area contributed by atoms with E-state index in [-0.39, 0.29) is 24.7 Å². The van der Waals surface area contributed by atoms with Gasteiger partial charge in [0.2, 0.25) is 5.91 Å². The molecule has 0 unspecified atom stereocenters. The summed E-state index contributed by atoms with van der Waals surface area (Å²) in [5.74, 6) is -1.81. The van der Waals surface area contributed by atoms with Crippen molar-refractivity contribution in [2.75, 3.05) is 12.3 Å². The number of carboxylic acids is 1. The summed E-state index contributed by atoms with van der Waals surface area (Å²) in [7, 11) is 0. The van der Waals surface area contributed by atoms with Crippen LogP contribution in [0.1, 0.15) is 19.1 Å². The Bertz CT molecular complexity index is 863. The molecule has 4 atom stereocenters. The lowest BCUT2D eigenvalue weighted by Gasteiger charge is -2.31. The van der Waals surface area contributed by atoms with Crippen LogP contribution in [0, 0.1) is 0 Å². The van der Waals surface area contributed by atoms with E-state index in [2.05, 4.69) is 15.3 Å². The Balaban J connectivity index is 2.03. The van der Waals surface area contributed by atoms with E-state index >= 15 is 0 Å². The number of guanidine groups is 1. The minimum atomic E-state index is -1.42. The topological polar surface area (TPSA) is 227 Å². The first-order valence-electron chi connectivity index (χ1n) is 8.69. The second-order valence-electron chi connectivity index (χ2n) is 6.37. The van der Waals surface area contributed by atoms with E-state index in [4.69, 9.17) is 27.7 Å². The average Bonchev–Trinajstić information content (AvgIpc) is 2.61. The molecule has 10 N–H and O–H groups in total. The number of anilines is 1. The molecule has 0 aliphatic carbocycles. The highest BCUT2D eigenvalue weighted by Crippen LogP contribution is 2.20. The molecule has 0 saturated carbocycles. The van der Waals surface area contributed by atoms with Crippen molar-refractivity contribution in [1.29, 1.82) is 0 Å². The number of amides is 1. The van der Waals surface area contributed by atoms with Crippen molar-refractivity contribution in [2.24, 2.45) is 22.2 Å². The van der Waals surface area contributed by atoms with Crippen LogP contribution in [0.5, 0.6) is 0 Å². The number of aliphatic carboxylic acids is 1. The lowest BCUT2D eigenvalue weighted by atomic mass is 10.1. The van der Waals surface area contributed by atoms with Crippen molar-refractivity contribution in [2.45, 2.75) is 37.3 Å². The molecular formula is C16H24N8O5. The molecule has 1 aliphatic heterocycles. The molecule has 29 heavy (non-hydrogen) atoms. The molecular weight excluding hydrogens is 384 g/mol. The van der Waals surface area contributed by atoms with Gasteiger partial charge in [-0.05, 0) is 18.6 Å². The Morgan fingerprint density at radius 2 is 2.10 bits per heavy atom. The summed E-state index contributed by atoms with van der Waals surface area (Å²) >= 11 is 0. The Morgan fingerprint density at radius 1 is 1.38 bits per heavy atom. The number of nitrogens with two attached hydrogens (primary N) is 4. The van der Waals surface area contributed by atoms with Crippen LogP contribution >= 0.6 is 0 Å². The molecule has 1 amide bonds. The van der Waals surface area contributed by atoms with Gasteiger partial charge in [-0.1, -0.05) is 6.08 Å². The molecule has 1 aliphatic rings. The lowest BCUT2D eigenvalue weighted by Crippen LogP contribution is -2.51. The van der Waals surface area contributed by atoms with Crippen LogP contribution in [0.2, 0.25) is 0 Å². The Morgan fingerprint density at radius 3 is 2.72 bits per heavy atom. The number of carboxylic acid groups (broad SMARTS) is 1. The van der Waals surface area contributed by atoms with Gasteiger partial charge < -0.3 is 38.1 Å². The van der Waals surface area contributed by atoms with Crippen LogP contribution in [0.15, 0.2) is 34.2 Å². The molecule has 0 spiro atoms. The largest absolute Gasteiger partial charge is 0.479 e. The molecule has 2 rings (SSSR count). The first kappa shape index (κ1) is 21.8. The van der Waals surface area contributed by atoms with Crippen molar-refractivity contribution in [3.05, 3.63) is 34.9 Å². The van der Waals surface area contributed by atoms with Crippen molar-refractivity contribution >= 4 is 23.7 Å². The standard InChI is InChI=1S/C16H24N8O5/c17-8(3-5-21-15(19)20)7-11(25)22-9-1-2-12(29-13(9)14(26)27)24-6-4-10(18)23-16(24)28/h1-2,4,6,8-9,12-13H,3,5,7,17H2,(H,22,25)(H,26,27)(H2,18,23,28)(H4,19,20,21)/t8-,9-,12+,13-/m0/s1. The quantitative estimate of drug-likeness (QED) is 0.147. The number of aromatic nitrogens is 2. The molecule has 13 heteroatoms. The molecule has 0 bridgehead atoms. The van der Waals surface area contributed by atoms with Gasteiger partial charge in [-0.2, -0.15) is 4.98 Å². The fourth-order valence-electron chi connectivity index (χ4n) is 2.65. The highest BCUT2D eigenvalue weighted by molar-refractivity contribution is 5.80. The maximum absolute atomic E-state index is 12.2. The summed E-state index contributed by atoms with van der Waals surface area (Å²) in [6, 6.07) is -0.0768. The summed E-state index contributed by atoms with van der Waals surface area (Å²) in [5.41, 5.74) is 21.0. The first-order chi connectivity index (χ1) is 13.7. The zero-order valence-electron chi connectivity index (χ0n) is 15.5. The molecule has 0 fully saturated rings. The van der Waals surface area contributed by atoms with Crippen LogP contribution < -0.4 is 33.9 Å². The predicted octanol–water partition coefficient (Wildman–Crippen LogP) is -2.77. The number of hydrogen-bond acceptors (Lipinski definition) is 8. The fraction of sp³-hybridized carbons (Fsp3) is 0.438. The number of carbonyl (C=O) groups excluding carboxylic acids is 1. The monoisotopic (exact) mass is 408 g/mol. The summed E-state index contributed by atoms with van der Waals surface area (Å²) < 4.78 is 6.55. The summed E-state index contributed by atoms with van der Waals surface area (Å²) in [5, 5.41) is 12.0. The highest BCUT2D eigenvalue weighted by Gasteiger charge is 2.35. The van der Waals surface area contributed by atoms with E-state index < -0.39 is 42.0 Å². The second-order valence-corrected chi connectivity index (χ2v) is 6.37. The Hall–Kier alpha value is -3.45. The third kappa shape index (κ3) is 6.29. The maximum Gasteiger partial charge on any atom is 0.351 e. The number of aliphatic imine (C=N–C) groups is 1. The zero-order chi connectivity index (χ0) is 21.6. The summed E-state index contributed by atoms with van der Waals surface area (Å²) in [6.45, 7) is 0.271. The molecule has 158 valence electrons. The van der Waals surface area contributed by atoms with Gasteiger partial charge in [-0.3, -0.25) is 14.4 Å². The van der Waals surface area contributed by atoms with Crippen LogP contribution in [0.25, 0.3) is 0 Å². The Labute approximate surface area is 165 Å². The molecule has 1 aromatic heterocycles. The number of nitrogen functional groups attached to an aromatic ring is 1. The van der Waals surface area contributed by atoms with E-state index in [1.165, 1.54) is 24.4 Å². The first-order valence-corrected chi connectivity index (χ1v) is 8.69. The molecule has 1 aromatic rings. The molecule has 0 radical (unpaired) electrons. The van der Waals surface area contributed by atoms with Crippen LogP contribution in [0.3, 0.4) is 0 Å². The number of nitrogens with zero attached hydrogens (tertiary/aromatic N) is 3. The predicted molar refractivity (Wildman–Crippen MR) is 103 cm³/mol. The van der Waals surface area contributed by atoms with E-state index in [0.717, 1.165) is 4.57 Å². The van der Waals surface area contributed by atoms with E-state index in [1.54, 1.807) is 0 Å². The average molecular weight is 408 g/mol. The van der Waals surface area contributed by atoms with Gasteiger partial charge in [0.25, 0.3) is 0 Å². The van der Waals surface area contributed by atoms with Crippen molar-refractivity contribution in [1.82, 2.24) is 14.9 Å². The van der Waals surface area contributed by atoms with Gasteiger partial charge >= 0.3 is 11.7 Å². The zero-order valence-corrected chi connectivity index (χ0v) is 15.5. The number of nitrogens with one attached hydrogen (secondary N) is 1. The third-order valence-electron chi connectivity index (χ3n) is 4.03. The molecule has 0 saturated heterocycles. The van der Waals surface area contributed by atoms with Gasteiger partial charge in [0.1, 0.15) is 5.82 Å². The van der Waals surface area contributed by atoms with Crippen LogP contribution in [-0.4, -0.2) is 57.2 Å². The van der Waals surface area contributed by atoms with Gasteiger partial charge in [0, 0.05) is 25.2 Å². The maximum atomic E-state index is 12.2. The van der Waals surface area contributed by atoms with Gasteiger partial charge in [0.05, 0.1) is 6.04 Å².